The number of nitrogens with one attached hydrogen (secondary N) is 2. The zero-order valence-electron chi connectivity index (χ0n) is 11.4. The van der Waals surface area contributed by atoms with Crippen molar-refractivity contribution in [1.29, 1.82) is 0 Å². The fourth-order valence-electron chi connectivity index (χ4n) is 2.33. The van der Waals surface area contributed by atoms with Gasteiger partial charge >= 0.3 is 6.18 Å². The monoisotopic (exact) mass is 344 g/mol. The molecule has 0 amide bonds. The Kier molecular flexibility index (Phi) is 3.74. The van der Waals surface area contributed by atoms with Gasteiger partial charge in [-0.15, -0.1) is 11.6 Å². The van der Waals surface area contributed by atoms with Gasteiger partial charge in [0.25, 0.3) is 0 Å². The highest BCUT2D eigenvalue weighted by molar-refractivity contribution is 7.80. The van der Waals surface area contributed by atoms with Crippen molar-refractivity contribution < 1.29 is 13.2 Å². The van der Waals surface area contributed by atoms with Crippen molar-refractivity contribution >= 4 is 34.6 Å². The molecule has 22 heavy (non-hydrogen) atoms. The van der Waals surface area contributed by atoms with Gasteiger partial charge in [0, 0.05) is 23.0 Å². The smallest absolute Gasteiger partial charge is 0.335 e. The molecule has 0 radical (unpaired) electrons. The van der Waals surface area contributed by atoms with Crippen LogP contribution in [0, 0.1) is 17.8 Å². The highest BCUT2D eigenvalue weighted by atomic mass is 35.5. The van der Waals surface area contributed by atoms with Gasteiger partial charge in [0.05, 0.1) is 0 Å². The number of anilines is 1. The average Bonchev–Trinajstić information content (AvgIpc) is 3.26. The lowest BCUT2D eigenvalue weighted by Gasteiger charge is -2.38. The van der Waals surface area contributed by atoms with Gasteiger partial charge in [-0.3, -0.25) is 0 Å². The first-order chi connectivity index (χ1) is 10.4. The SMILES string of the molecule is FC(F)(F)[C@@]1(C#CC2CC2)NC(=S)Nc2cc(CCl)ccc21. The molecule has 1 saturated carbocycles. The molecule has 7 heteroatoms. The van der Waals surface area contributed by atoms with Crippen LogP contribution in [-0.4, -0.2) is 11.3 Å². The molecule has 1 heterocycles. The normalized spacial score (nSPS) is 23.7. The van der Waals surface area contributed by atoms with Gasteiger partial charge in [-0.2, -0.15) is 13.2 Å². The fraction of sp³-hybridized carbons (Fsp3) is 0.400. The first-order valence-corrected chi connectivity index (χ1v) is 7.68. The van der Waals surface area contributed by atoms with E-state index in [2.05, 4.69) is 22.5 Å². The molecule has 0 spiro atoms. The van der Waals surface area contributed by atoms with Crippen LogP contribution in [0.25, 0.3) is 0 Å². The van der Waals surface area contributed by atoms with Crippen LogP contribution in [0.4, 0.5) is 18.9 Å². The molecule has 1 aromatic carbocycles. The third kappa shape index (κ3) is 2.64. The topological polar surface area (TPSA) is 24.1 Å². The summed E-state index contributed by atoms with van der Waals surface area (Å²) in [7, 11) is 0. The summed E-state index contributed by atoms with van der Waals surface area (Å²) >= 11 is 10.7. The number of fused-ring (bicyclic) bond motifs is 1. The second-order valence-electron chi connectivity index (χ2n) is 5.38. The fourth-order valence-corrected chi connectivity index (χ4v) is 2.76. The summed E-state index contributed by atoms with van der Waals surface area (Å²) in [6, 6.07) is 4.56. The molecular weight excluding hydrogens is 333 g/mol. The number of alkyl halides is 4. The lowest BCUT2D eigenvalue weighted by Crippen LogP contribution is -2.59. The molecule has 0 unspecified atom stereocenters. The van der Waals surface area contributed by atoms with Gasteiger partial charge in [0.2, 0.25) is 5.54 Å². The van der Waals surface area contributed by atoms with Crippen molar-refractivity contribution in [2.45, 2.75) is 30.4 Å². The molecule has 1 aliphatic carbocycles. The Bertz CT molecular complexity index is 688. The van der Waals surface area contributed by atoms with E-state index in [1.165, 1.54) is 6.07 Å². The van der Waals surface area contributed by atoms with E-state index in [-0.39, 0.29) is 22.5 Å². The van der Waals surface area contributed by atoms with Crippen LogP contribution < -0.4 is 10.6 Å². The van der Waals surface area contributed by atoms with E-state index >= 15 is 0 Å². The quantitative estimate of drug-likeness (QED) is 0.459. The number of rotatable bonds is 1. The summed E-state index contributed by atoms with van der Waals surface area (Å²) in [5, 5.41) is 5.00. The Hall–Kier alpha value is -1.45. The minimum atomic E-state index is -4.60. The van der Waals surface area contributed by atoms with Crippen molar-refractivity contribution in [3.8, 4) is 11.8 Å². The predicted octanol–water partition coefficient (Wildman–Crippen LogP) is 3.90. The predicted molar refractivity (Wildman–Crippen MR) is 83.6 cm³/mol. The summed E-state index contributed by atoms with van der Waals surface area (Å²) in [5.41, 5.74) is -1.44. The van der Waals surface area contributed by atoms with Gasteiger partial charge in [-0.25, -0.2) is 0 Å². The van der Waals surface area contributed by atoms with E-state index in [0.29, 0.717) is 11.3 Å². The zero-order chi connectivity index (χ0) is 16.0. The third-order valence-electron chi connectivity index (χ3n) is 3.66. The number of halogens is 4. The minimum absolute atomic E-state index is 0.0237. The minimum Gasteiger partial charge on any atom is -0.335 e. The molecule has 0 saturated heterocycles. The Morgan fingerprint density at radius 3 is 2.68 bits per heavy atom. The van der Waals surface area contributed by atoms with Gasteiger partial charge in [0.15, 0.2) is 5.11 Å². The van der Waals surface area contributed by atoms with Crippen LogP contribution in [0.5, 0.6) is 0 Å². The zero-order valence-corrected chi connectivity index (χ0v) is 12.9. The number of hydrogen-bond acceptors (Lipinski definition) is 1. The molecule has 0 aromatic heterocycles. The van der Waals surface area contributed by atoms with Crippen LogP contribution in [0.3, 0.4) is 0 Å². The Morgan fingerprint density at radius 1 is 1.36 bits per heavy atom. The Balaban J connectivity index is 2.18. The highest BCUT2D eigenvalue weighted by Crippen LogP contribution is 2.44. The molecule has 1 aliphatic heterocycles. The average molecular weight is 345 g/mol. The first-order valence-electron chi connectivity index (χ1n) is 6.74. The molecular formula is C15H12ClF3N2S. The van der Waals surface area contributed by atoms with Crippen molar-refractivity contribution in [2.24, 2.45) is 5.92 Å². The number of benzene rings is 1. The van der Waals surface area contributed by atoms with E-state index < -0.39 is 11.7 Å². The molecule has 2 nitrogen and oxygen atoms in total. The van der Waals surface area contributed by atoms with Gasteiger partial charge < -0.3 is 10.6 Å². The number of hydrogen-bond donors (Lipinski definition) is 2. The van der Waals surface area contributed by atoms with Crippen molar-refractivity contribution in [1.82, 2.24) is 5.32 Å². The summed E-state index contributed by atoms with van der Waals surface area (Å²) in [6.45, 7) is 0. The first kappa shape index (κ1) is 15.4. The lowest BCUT2D eigenvalue weighted by molar-refractivity contribution is -0.177. The van der Waals surface area contributed by atoms with E-state index in [9.17, 15) is 13.2 Å². The molecule has 1 aromatic rings. The van der Waals surface area contributed by atoms with Crippen LogP contribution >= 0.6 is 23.8 Å². The lowest BCUT2D eigenvalue weighted by atomic mass is 9.86. The maximum Gasteiger partial charge on any atom is 0.427 e. The Labute approximate surface area is 136 Å². The third-order valence-corrected chi connectivity index (χ3v) is 4.17. The van der Waals surface area contributed by atoms with Crippen LogP contribution in [-0.2, 0) is 11.4 Å². The second kappa shape index (κ2) is 5.32. The summed E-state index contributed by atoms with van der Waals surface area (Å²) in [5.74, 6) is 5.39. The van der Waals surface area contributed by atoms with Gasteiger partial charge in [0.1, 0.15) is 0 Å². The van der Waals surface area contributed by atoms with Crippen LogP contribution in [0.2, 0.25) is 0 Å². The molecule has 1 fully saturated rings. The van der Waals surface area contributed by atoms with E-state index in [1.807, 2.05) is 0 Å². The van der Waals surface area contributed by atoms with Crippen LogP contribution in [0.15, 0.2) is 18.2 Å². The van der Waals surface area contributed by atoms with E-state index in [4.69, 9.17) is 23.8 Å². The van der Waals surface area contributed by atoms with Crippen LogP contribution in [0.1, 0.15) is 24.0 Å². The standard InChI is InChI=1S/C15H12ClF3N2S/c16-8-10-3-4-11-12(7-10)20-13(22)21-14(11,15(17,18)19)6-5-9-1-2-9/h3-4,7,9H,1-2,8H2,(H2,20,21,22)/t14-/m0/s1. The van der Waals surface area contributed by atoms with E-state index in [1.54, 1.807) is 12.1 Å². The maximum atomic E-state index is 13.8. The summed E-state index contributed by atoms with van der Waals surface area (Å²) in [6.07, 6.45) is -2.90. The largest absolute Gasteiger partial charge is 0.427 e. The maximum absolute atomic E-state index is 13.8. The van der Waals surface area contributed by atoms with Gasteiger partial charge in [-0.1, -0.05) is 24.0 Å². The molecule has 2 N–H and O–H groups in total. The molecule has 2 aliphatic rings. The van der Waals surface area contributed by atoms with Crippen molar-refractivity contribution in [3.63, 3.8) is 0 Å². The molecule has 0 bridgehead atoms. The summed E-state index contributed by atoms with van der Waals surface area (Å²) in [4.78, 5) is 0. The Morgan fingerprint density at radius 2 is 2.09 bits per heavy atom. The molecule has 3 rings (SSSR count). The second-order valence-corrected chi connectivity index (χ2v) is 6.06. The van der Waals surface area contributed by atoms with Crippen molar-refractivity contribution in [2.75, 3.05) is 5.32 Å². The van der Waals surface area contributed by atoms with Gasteiger partial charge in [-0.05, 0) is 36.7 Å². The molecule has 1 atom stereocenters. The number of thiocarbonyl (C=S) groups is 1. The highest BCUT2D eigenvalue weighted by Gasteiger charge is 2.58. The summed E-state index contributed by atoms with van der Waals surface area (Å²) < 4.78 is 41.5. The molecule has 116 valence electrons. The van der Waals surface area contributed by atoms with E-state index in [0.717, 1.165) is 12.8 Å². The van der Waals surface area contributed by atoms with Crippen molar-refractivity contribution in [3.05, 3.63) is 29.3 Å².